The SMILES string of the molecule is CC.CCNC.CCNc1ccccc1. The molecule has 0 saturated carbocycles. The van der Waals surface area contributed by atoms with E-state index in [1.165, 1.54) is 5.69 Å². The monoisotopic (exact) mass is 210 g/mol. The molecule has 0 aliphatic carbocycles. The van der Waals surface area contributed by atoms with Gasteiger partial charge in [0.05, 0.1) is 0 Å². The van der Waals surface area contributed by atoms with Crippen LogP contribution < -0.4 is 10.6 Å². The first-order chi connectivity index (χ1) is 7.35. The number of anilines is 1. The van der Waals surface area contributed by atoms with Gasteiger partial charge in [0.15, 0.2) is 0 Å². The first kappa shape index (κ1) is 16.4. The minimum absolute atomic E-state index is 0.990. The Balaban J connectivity index is 0. The zero-order chi connectivity index (χ0) is 11.9. The van der Waals surface area contributed by atoms with Gasteiger partial charge in [-0.3, -0.25) is 0 Å². The molecule has 0 aliphatic heterocycles. The van der Waals surface area contributed by atoms with Crippen LogP contribution in [-0.4, -0.2) is 20.1 Å². The average molecular weight is 210 g/mol. The molecule has 0 saturated heterocycles. The highest BCUT2D eigenvalue weighted by Crippen LogP contribution is 2.02. The van der Waals surface area contributed by atoms with Crippen molar-refractivity contribution in [2.24, 2.45) is 0 Å². The van der Waals surface area contributed by atoms with Crippen LogP contribution >= 0.6 is 0 Å². The maximum atomic E-state index is 3.21. The van der Waals surface area contributed by atoms with Gasteiger partial charge in [-0.2, -0.15) is 0 Å². The molecule has 0 atom stereocenters. The number of nitrogens with one attached hydrogen (secondary N) is 2. The van der Waals surface area contributed by atoms with Crippen molar-refractivity contribution in [3.63, 3.8) is 0 Å². The van der Waals surface area contributed by atoms with Crippen molar-refractivity contribution in [2.45, 2.75) is 27.7 Å². The Morgan fingerprint density at radius 1 is 0.933 bits per heavy atom. The van der Waals surface area contributed by atoms with Crippen molar-refractivity contribution in [3.05, 3.63) is 30.3 Å². The van der Waals surface area contributed by atoms with Gasteiger partial charge in [0.25, 0.3) is 0 Å². The third-order valence-electron chi connectivity index (χ3n) is 1.51. The van der Waals surface area contributed by atoms with Crippen LogP contribution in [0.1, 0.15) is 27.7 Å². The van der Waals surface area contributed by atoms with Crippen LogP contribution in [0.5, 0.6) is 0 Å². The molecule has 88 valence electrons. The first-order valence-corrected chi connectivity index (χ1v) is 5.78. The second-order valence-electron chi connectivity index (χ2n) is 2.60. The van der Waals surface area contributed by atoms with Gasteiger partial charge >= 0.3 is 0 Å². The molecule has 0 spiro atoms. The van der Waals surface area contributed by atoms with Crippen molar-refractivity contribution in [3.8, 4) is 0 Å². The predicted molar refractivity (Wildman–Crippen MR) is 71.6 cm³/mol. The Morgan fingerprint density at radius 2 is 1.40 bits per heavy atom. The van der Waals surface area contributed by atoms with E-state index in [4.69, 9.17) is 0 Å². The second kappa shape index (κ2) is 15.5. The number of benzene rings is 1. The van der Waals surface area contributed by atoms with Crippen LogP contribution in [0, 0.1) is 0 Å². The molecule has 0 amide bonds. The van der Waals surface area contributed by atoms with E-state index in [2.05, 4.69) is 36.6 Å². The van der Waals surface area contributed by atoms with Crippen LogP contribution in [0.4, 0.5) is 5.69 Å². The summed E-state index contributed by atoms with van der Waals surface area (Å²) in [5.41, 5.74) is 1.19. The van der Waals surface area contributed by atoms with Gasteiger partial charge in [-0.25, -0.2) is 0 Å². The van der Waals surface area contributed by atoms with E-state index in [1.54, 1.807) is 0 Å². The number of hydrogen-bond acceptors (Lipinski definition) is 2. The Labute approximate surface area is 95.1 Å². The smallest absolute Gasteiger partial charge is 0.0340 e. The Bertz CT molecular complexity index is 183. The summed E-state index contributed by atoms with van der Waals surface area (Å²) >= 11 is 0. The average Bonchev–Trinajstić information content (AvgIpc) is 2.34. The lowest BCUT2D eigenvalue weighted by Crippen LogP contribution is -2.01. The topological polar surface area (TPSA) is 24.1 Å². The quantitative estimate of drug-likeness (QED) is 0.799. The lowest BCUT2D eigenvalue weighted by atomic mass is 10.3. The third-order valence-corrected chi connectivity index (χ3v) is 1.51. The van der Waals surface area contributed by atoms with Crippen LogP contribution in [-0.2, 0) is 0 Å². The van der Waals surface area contributed by atoms with E-state index >= 15 is 0 Å². The van der Waals surface area contributed by atoms with Gasteiger partial charge in [-0.15, -0.1) is 0 Å². The van der Waals surface area contributed by atoms with Crippen molar-refractivity contribution < 1.29 is 0 Å². The summed E-state index contributed by atoms with van der Waals surface area (Å²) in [5.74, 6) is 0. The van der Waals surface area contributed by atoms with Crippen LogP contribution in [0.25, 0.3) is 0 Å². The van der Waals surface area contributed by atoms with E-state index in [0.29, 0.717) is 0 Å². The summed E-state index contributed by atoms with van der Waals surface area (Å²) in [5, 5.41) is 6.14. The van der Waals surface area contributed by atoms with Crippen molar-refractivity contribution in [1.29, 1.82) is 0 Å². The Kier molecular flexibility index (Phi) is 16.9. The van der Waals surface area contributed by atoms with Crippen LogP contribution in [0.3, 0.4) is 0 Å². The summed E-state index contributed by atoms with van der Waals surface area (Å²) in [7, 11) is 1.93. The molecule has 0 aliphatic rings. The summed E-state index contributed by atoms with van der Waals surface area (Å²) in [6.07, 6.45) is 0. The highest BCUT2D eigenvalue weighted by molar-refractivity contribution is 5.41. The number of para-hydroxylation sites is 1. The van der Waals surface area contributed by atoms with E-state index in [-0.39, 0.29) is 0 Å². The molecule has 2 nitrogen and oxygen atoms in total. The molecule has 1 aromatic rings. The first-order valence-electron chi connectivity index (χ1n) is 5.78. The van der Waals surface area contributed by atoms with Gasteiger partial charge in [-0.1, -0.05) is 39.0 Å². The molecule has 0 bridgehead atoms. The second-order valence-corrected chi connectivity index (χ2v) is 2.60. The maximum absolute atomic E-state index is 3.21. The molecular weight excluding hydrogens is 184 g/mol. The highest BCUT2D eigenvalue weighted by atomic mass is 14.8. The lowest BCUT2D eigenvalue weighted by Gasteiger charge is -1.99. The molecule has 0 unspecified atom stereocenters. The lowest BCUT2D eigenvalue weighted by molar-refractivity contribution is 0.864. The summed E-state index contributed by atoms with van der Waals surface area (Å²) in [6, 6.07) is 10.2. The third kappa shape index (κ3) is 13.0. The van der Waals surface area contributed by atoms with Crippen molar-refractivity contribution in [2.75, 3.05) is 25.5 Å². The molecule has 1 aromatic carbocycles. The number of rotatable bonds is 3. The van der Waals surface area contributed by atoms with Crippen LogP contribution in [0.2, 0.25) is 0 Å². The van der Waals surface area contributed by atoms with E-state index < -0.39 is 0 Å². The number of hydrogen-bond donors (Lipinski definition) is 2. The molecule has 2 heteroatoms. The fourth-order valence-corrected chi connectivity index (χ4v) is 0.760. The van der Waals surface area contributed by atoms with E-state index in [1.807, 2.05) is 39.1 Å². The Hall–Kier alpha value is -1.02. The summed E-state index contributed by atoms with van der Waals surface area (Å²) in [6.45, 7) is 10.2. The standard InChI is InChI=1S/C8H11N.C3H9N.C2H6/c1-2-9-8-6-4-3-5-7-8;1-3-4-2;1-2/h3-7,9H,2H2,1H3;4H,3H2,1-2H3;1-2H3. The van der Waals surface area contributed by atoms with Crippen molar-refractivity contribution >= 4 is 5.69 Å². The molecule has 0 aromatic heterocycles. The highest BCUT2D eigenvalue weighted by Gasteiger charge is 1.81. The summed E-state index contributed by atoms with van der Waals surface area (Å²) in [4.78, 5) is 0. The summed E-state index contributed by atoms with van der Waals surface area (Å²) < 4.78 is 0. The molecule has 0 heterocycles. The largest absolute Gasteiger partial charge is 0.385 e. The van der Waals surface area contributed by atoms with Gasteiger partial charge < -0.3 is 10.6 Å². The zero-order valence-corrected chi connectivity index (χ0v) is 10.8. The van der Waals surface area contributed by atoms with Gasteiger partial charge in [-0.05, 0) is 32.6 Å². The molecule has 2 N–H and O–H groups in total. The van der Waals surface area contributed by atoms with Crippen molar-refractivity contribution in [1.82, 2.24) is 5.32 Å². The van der Waals surface area contributed by atoms with E-state index in [0.717, 1.165) is 13.1 Å². The maximum Gasteiger partial charge on any atom is 0.0340 e. The molecule has 0 fully saturated rings. The molecule has 0 radical (unpaired) electrons. The van der Waals surface area contributed by atoms with Gasteiger partial charge in [0.2, 0.25) is 0 Å². The minimum Gasteiger partial charge on any atom is -0.385 e. The van der Waals surface area contributed by atoms with E-state index in [9.17, 15) is 0 Å². The fraction of sp³-hybridized carbons (Fsp3) is 0.538. The molecular formula is C13H26N2. The normalized spacial score (nSPS) is 7.80. The van der Waals surface area contributed by atoms with Gasteiger partial charge in [0.1, 0.15) is 0 Å². The van der Waals surface area contributed by atoms with Gasteiger partial charge in [0, 0.05) is 12.2 Å². The minimum atomic E-state index is 0.990. The fourth-order valence-electron chi connectivity index (χ4n) is 0.760. The van der Waals surface area contributed by atoms with Crippen LogP contribution in [0.15, 0.2) is 30.3 Å². The Morgan fingerprint density at radius 3 is 1.73 bits per heavy atom. The zero-order valence-electron chi connectivity index (χ0n) is 10.8. The molecule has 1 rings (SSSR count). The predicted octanol–water partition coefficient (Wildman–Crippen LogP) is 3.37. The molecule has 15 heavy (non-hydrogen) atoms.